The molecule has 0 amide bonds. The van der Waals surface area contributed by atoms with E-state index in [-0.39, 0.29) is 33.7 Å². The smallest absolute Gasteiger partial charge is 0.149 e. The molecular formula is C14H26Br2O4. The topological polar surface area (TPSA) is 55.8 Å². The number of hydrogen-bond acceptors (Lipinski definition) is 4. The number of hydrogen-bond donors (Lipinski definition) is 1. The van der Waals surface area contributed by atoms with Gasteiger partial charge in [-0.15, -0.1) is 0 Å². The molecule has 0 radical (unpaired) electrons. The van der Waals surface area contributed by atoms with Gasteiger partial charge in [0.2, 0.25) is 0 Å². The monoisotopic (exact) mass is 417 g/mol. The number of rotatable bonds is 2. The lowest BCUT2D eigenvalue weighted by Gasteiger charge is -2.03. The van der Waals surface area contributed by atoms with Crippen LogP contribution in [-0.4, -0.2) is 53.1 Å². The normalized spacial score (nSPS) is 36.6. The highest BCUT2D eigenvalue weighted by atomic mass is 79.9. The SMILES string of the molecule is COC1CC(=O)C(Br)C1.COC1CC(O)C(Br)C1.[2H]CC. The molecule has 0 heterocycles. The average molecular weight is 419 g/mol. The van der Waals surface area contributed by atoms with E-state index in [1.165, 1.54) is 0 Å². The molecule has 0 aromatic rings. The second-order valence-electron chi connectivity index (χ2n) is 4.64. The summed E-state index contributed by atoms with van der Waals surface area (Å²) in [5, 5.41) is 9.17. The number of aliphatic hydroxyl groups is 1. The predicted octanol–water partition coefficient (Wildman–Crippen LogP) is 3.07. The van der Waals surface area contributed by atoms with Crippen molar-refractivity contribution in [1.82, 2.24) is 0 Å². The maximum atomic E-state index is 10.8. The van der Waals surface area contributed by atoms with E-state index in [0.717, 1.165) is 19.3 Å². The van der Waals surface area contributed by atoms with Crippen LogP contribution in [0.2, 0.25) is 0 Å². The number of methoxy groups -OCH3 is 2. The molecule has 0 aliphatic heterocycles. The summed E-state index contributed by atoms with van der Waals surface area (Å²) in [6.07, 6.45) is 3.30. The molecule has 5 unspecified atom stereocenters. The Balaban J connectivity index is 0.000000322. The van der Waals surface area contributed by atoms with Crippen molar-refractivity contribution in [2.24, 2.45) is 0 Å². The molecule has 6 heteroatoms. The molecule has 0 aromatic heterocycles. The molecule has 4 nitrogen and oxygen atoms in total. The van der Waals surface area contributed by atoms with Gasteiger partial charge >= 0.3 is 0 Å². The van der Waals surface area contributed by atoms with Crippen molar-refractivity contribution >= 4 is 37.6 Å². The van der Waals surface area contributed by atoms with Crippen LogP contribution in [0, 0.1) is 0 Å². The van der Waals surface area contributed by atoms with Gasteiger partial charge in [0.25, 0.3) is 0 Å². The standard InChI is InChI=1S/C6H11BrO2.C6H9BrO2.C2H6/c2*1-9-4-2-5(7)6(8)3-4;1-2/h4-6,8H,2-3H2,1H3;4-5H,2-3H2,1H3;1-2H3/i;;1D. The molecule has 1 N–H and O–H groups in total. The van der Waals surface area contributed by atoms with Crippen LogP contribution >= 0.6 is 31.9 Å². The van der Waals surface area contributed by atoms with Gasteiger partial charge < -0.3 is 14.6 Å². The maximum Gasteiger partial charge on any atom is 0.149 e. The van der Waals surface area contributed by atoms with Crippen LogP contribution in [0.15, 0.2) is 0 Å². The van der Waals surface area contributed by atoms with E-state index < -0.39 is 0 Å². The Kier molecular flexibility index (Phi) is 10.3. The highest BCUT2D eigenvalue weighted by Crippen LogP contribution is 2.27. The Morgan fingerprint density at radius 1 is 1.20 bits per heavy atom. The van der Waals surface area contributed by atoms with Gasteiger partial charge in [-0.3, -0.25) is 4.79 Å². The summed E-state index contributed by atoms with van der Waals surface area (Å²) in [5.74, 6) is 0.266. The van der Waals surface area contributed by atoms with Crippen LogP contribution in [0.3, 0.4) is 0 Å². The number of carbonyl (C=O) groups is 1. The molecule has 5 atom stereocenters. The Morgan fingerprint density at radius 3 is 1.95 bits per heavy atom. The van der Waals surface area contributed by atoms with E-state index in [1.807, 2.05) is 0 Å². The Bertz CT molecular complexity index is 284. The van der Waals surface area contributed by atoms with Gasteiger partial charge in [-0.1, -0.05) is 45.7 Å². The summed E-state index contributed by atoms with van der Waals surface area (Å²) in [6.45, 7) is 2.29. The summed E-state index contributed by atoms with van der Waals surface area (Å²) in [4.78, 5) is 11.1. The molecule has 0 spiro atoms. The van der Waals surface area contributed by atoms with E-state index in [0.29, 0.717) is 13.3 Å². The minimum atomic E-state index is -0.213. The maximum absolute atomic E-state index is 10.8. The number of ether oxygens (including phenoxy) is 2. The number of aliphatic hydroxyl groups excluding tert-OH is 1. The van der Waals surface area contributed by atoms with E-state index >= 15 is 0 Å². The zero-order chi connectivity index (χ0) is 16.4. The number of ketones is 1. The lowest BCUT2D eigenvalue weighted by Crippen LogP contribution is -2.11. The molecule has 120 valence electrons. The summed E-state index contributed by atoms with van der Waals surface area (Å²) in [7, 11) is 3.32. The fourth-order valence-corrected chi connectivity index (χ4v) is 3.33. The van der Waals surface area contributed by atoms with Gasteiger partial charge in [-0.05, 0) is 12.8 Å². The van der Waals surface area contributed by atoms with Crippen molar-refractivity contribution in [3.05, 3.63) is 0 Å². The predicted molar refractivity (Wildman–Crippen MR) is 87.9 cm³/mol. The van der Waals surface area contributed by atoms with Crippen molar-refractivity contribution in [1.29, 1.82) is 0 Å². The molecule has 0 saturated heterocycles. The first-order valence-corrected chi connectivity index (χ1v) is 8.56. The van der Waals surface area contributed by atoms with Gasteiger partial charge in [-0.2, -0.15) is 0 Å². The molecule has 20 heavy (non-hydrogen) atoms. The molecule has 2 fully saturated rings. The summed E-state index contributed by atoms with van der Waals surface area (Å²) in [6, 6.07) is 0. The van der Waals surface area contributed by atoms with Gasteiger partial charge in [0.15, 0.2) is 0 Å². The van der Waals surface area contributed by atoms with E-state index in [2.05, 4.69) is 31.9 Å². The number of carbonyl (C=O) groups excluding carboxylic acids is 1. The lowest BCUT2D eigenvalue weighted by molar-refractivity contribution is -0.117. The first-order chi connectivity index (χ1) is 9.89. The fourth-order valence-electron chi connectivity index (χ4n) is 2.09. The van der Waals surface area contributed by atoms with Crippen molar-refractivity contribution in [3.8, 4) is 0 Å². The summed E-state index contributed by atoms with van der Waals surface area (Å²) in [5.41, 5.74) is 0. The number of halogens is 2. The highest BCUT2D eigenvalue weighted by Gasteiger charge is 2.31. The highest BCUT2D eigenvalue weighted by molar-refractivity contribution is 9.10. The van der Waals surface area contributed by atoms with Crippen molar-refractivity contribution in [3.63, 3.8) is 0 Å². The molecule has 2 rings (SSSR count). The average Bonchev–Trinajstić information content (AvgIpc) is 2.95. The second-order valence-corrected chi connectivity index (χ2v) is 6.93. The minimum absolute atomic E-state index is 0.0439. The van der Waals surface area contributed by atoms with Crippen molar-refractivity contribution in [2.75, 3.05) is 14.2 Å². The molecular weight excluding hydrogens is 392 g/mol. The summed E-state index contributed by atoms with van der Waals surface area (Å²) < 4.78 is 16.3. The zero-order valence-corrected chi connectivity index (χ0v) is 15.5. The van der Waals surface area contributed by atoms with E-state index in [9.17, 15) is 9.90 Å². The van der Waals surface area contributed by atoms with Gasteiger partial charge in [0.1, 0.15) is 5.78 Å². The zero-order valence-electron chi connectivity index (χ0n) is 13.4. The third kappa shape index (κ3) is 6.98. The first kappa shape index (κ1) is 18.6. The molecule has 2 saturated carbocycles. The van der Waals surface area contributed by atoms with Gasteiger partial charge in [-0.25, -0.2) is 0 Å². The lowest BCUT2D eigenvalue weighted by atomic mass is 10.3. The van der Waals surface area contributed by atoms with Crippen molar-refractivity contribution in [2.45, 2.75) is 67.5 Å². The van der Waals surface area contributed by atoms with Gasteiger partial charge in [0, 0.05) is 33.3 Å². The first-order valence-electron chi connectivity index (χ1n) is 7.43. The van der Waals surface area contributed by atoms with Crippen LogP contribution in [0.4, 0.5) is 0 Å². The number of Topliss-reactive ketones (excluding diaryl/α,β-unsaturated/α-hetero) is 1. The largest absolute Gasteiger partial charge is 0.392 e. The van der Waals surface area contributed by atoms with Crippen LogP contribution < -0.4 is 0 Å². The van der Waals surface area contributed by atoms with E-state index in [1.54, 1.807) is 21.1 Å². The number of alkyl halides is 2. The third-order valence-electron chi connectivity index (χ3n) is 3.32. The van der Waals surface area contributed by atoms with E-state index in [4.69, 9.17) is 10.8 Å². The summed E-state index contributed by atoms with van der Waals surface area (Å²) >= 11 is 6.61. The fraction of sp³-hybridized carbons (Fsp3) is 0.929. The quantitative estimate of drug-likeness (QED) is 0.700. The molecule has 0 aromatic carbocycles. The Hall–Kier alpha value is 0.510. The van der Waals surface area contributed by atoms with Crippen LogP contribution in [0.25, 0.3) is 0 Å². The van der Waals surface area contributed by atoms with Crippen LogP contribution in [0.5, 0.6) is 0 Å². The molecule has 2 aliphatic carbocycles. The third-order valence-corrected chi connectivity index (χ3v) is 5.19. The second kappa shape index (κ2) is 11.1. The Labute approximate surface area is 140 Å². The van der Waals surface area contributed by atoms with Crippen LogP contribution in [0.1, 0.15) is 40.9 Å². The van der Waals surface area contributed by atoms with Crippen molar-refractivity contribution < 1.29 is 20.7 Å². The molecule has 2 aliphatic rings. The minimum Gasteiger partial charge on any atom is -0.392 e. The molecule has 0 bridgehead atoms. The Morgan fingerprint density at radius 2 is 1.75 bits per heavy atom. The van der Waals surface area contributed by atoms with Gasteiger partial charge in [0.05, 0.1) is 23.1 Å². The van der Waals surface area contributed by atoms with Crippen LogP contribution in [-0.2, 0) is 14.3 Å².